The molecule has 1 fully saturated rings. The van der Waals surface area contributed by atoms with Gasteiger partial charge in [0.15, 0.2) is 0 Å². The first-order valence-electron chi connectivity index (χ1n) is 12.9. The third kappa shape index (κ3) is 5.73. The number of nitrogens with zero attached hydrogens (tertiary/aromatic N) is 5. The lowest BCUT2D eigenvalue weighted by Gasteiger charge is -2.34. The average Bonchev–Trinajstić information content (AvgIpc) is 2.85. The normalized spacial score (nSPS) is 17.2. The maximum atomic E-state index is 13.0. The van der Waals surface area contributed by atoms with Crippen molar-refractivity contribution in [3.05, 3.63) is 42.0 Å². The summed E-state index contributed by atoms with van der Waals surface area (Å²) in [6.45, 7) is 10.3. The van der Waals surface area contributed by atoms with E-state index in [2.05, 4.69) is 58.2 Å². The zero-order chi connectivity index (χ0) is 25.7. The highest BCUT2D eigenvalue weighted by Crippen LogP contribution is 2.30. The average molecular weight is 492 g/mol. The van der Waals surface area contributed by atoms with Crippen LogP contribution in [0.15, 0.2) is 30.7 Å². The second-order valence-corrected chi connectivity index (χ2v) is 9.63. The fourth-order valence-electron chi connectivity index (χ4n) is 4.45. The van der Waals surface area contributed by atoms with Gasteiger partial charge in [-0.3, -0.25) is 9.78 Å². The van der Waals surface area contributed by atoms with Crippen molar-refractivity contribution in [3.63, 3.8) is 0 Å². The van der Waals surface area contributed by atoms with E-state index in [-0.39, 0.29) is 24.0 Å². The minimum absolute atomic E-state index is 0.116. The Bertz CT molecular complexity index is 1190. The molecule has 0 bridgehead atoms. The van der Waals surface area contributed by atoms with Crippen LogP contribution < -0.4 is 15.5 Å². The summed E-state index contributed by atoms with van der Waals surface area (Å²) in [5, 5.41) is 8.11. The number of hydrogen-bond acceptors (Lipinski definition) is 8. The molecule has 0 radical (unpaired) electrons. The third-order valence-corrected chi connectivity index (χ3v) is 6.75. The molecule has 3 heterocycles. The van der Waals surface area contributed by atoms with Crippen LogP contribution in [0.4, 0.5) is 17.6 Å². The Morgan fingerprint density at radius 3 is 2.64 bits per heavy atom. The number of methoxy groups -OCH3 is 1. The van der Waals surface area contributed by atoms with E-state index in [1.807, 2.05) is 12.1 Å². The van der Waals surface area contributed by atoms with Crippen molar-refractivity contribution in [2.75, 3.05) is 30.4 Å². The van der Waals surface area contributed by atoms with Crippen molar-refractivity contribution in [2.24, 2.45) is 0 Å². The van der Waals surface area contributed by atoms with Gasteiger partial charge in [-0.2, -0.15) is 4.98 Å². The number of carbonyl (C=O) groups excluding carboxylic acids is 1. The molecule has 0 aliphatic heterocycles. The fraction of sp³-hybridized carbons (Fsp3) is 0.519. The Balaban J connectivity index is 1.60. The number of rotatable bonds is 11. The molecule has 4 rings (SSSR count). The van der Waals surface area contributed by atoms with Crippen LogP contribution in [0.3, 0.4) is 0 Å². The number of fused-ring (bicyclic) bond motifs is 1. The smallest absolute Gasteiger partial charge is 0.270 e. The molecule has 1 aliphatic carbocycles. The molecular formula is C27H37N7O2. The van der Waals surface area contributed by atoms with E-state index >= 15 is 0 Å². The summed E-state index contributed by atoms with van der Waals surface area (Å²) in [6.07, 6.45) is 9.38. The van der Waals surface area contributed by atoms with Gasteiger partial charge in [0, 0.05) is 50.2 Å². The Morgan fingerprint density at radius 2 is 1.94 bits per heavy atom. The molecule has 0 unspecified atom stereocenters. The summed E-state index contributed by atoms with van der Waals surface area (Å²) in [4.78, 5) is 33.5. The topological polar surface area (TPSA) is 105 Å². The Kier molecular flexibility index (Phi) is 8.30. The maximum absolute atomic E-state index is 13.0. The lowest BCUT2D eigenvalue weighted by atomic mass is 9.89. The monoisotopic (exact) mass is 491 g/mol. The predicted molar refractivity (Wildman–Crippen MR) is 143 cm³/mol. The standard InChI is InChI=1S/C27H37N7O2/c1-6-8-11-34(7-2)27-28-10-9-23(33-27)32-24-14-20-21(17(3)4)15-30-25(22(20)16-29-24)26(35)31-18-12-19(13-18)36-5/h9-10,14-19H,6-8,11-13H2,1-5H3,(H,31,35)(H,28,29,32,33). The molecule has 9 nitrogen and oxygen atoms in total. The molecule has 3 aromatic rings. The number of hydrogen-bond donors (Lipinski definition) is 2. The van der Waals surface area contributed by atoms with Gasteiger partial charge in [-0.25, -0.2) is 9.97 Å². The van der Waals surface area contributed by atoms with E-state index in [0.29, 0.717) is 23.3 Å². The van der Waals surface area contributed by atoms with Crippen molar-refractivity contribution in [1.29, 1.82) is 0 Å². The van der Waals surface area contributed by atoms with E-state index in [0.717, 1.165) is 55.1 Å². The van der Waals surface area contributed by atoms with Crippen molar-refractivity contribution < 1.29 is 9.53 Å². The highest BCUT2D eigenvalue weighted by Gasteiger charge is 2.31. The van der Waals surface area contributed by atoms with Crippen LogP contribution in [0, 0.1) is 0 Å². The zero-order valence-corrected chi connectivity index (χ0v) is 21.9. The van der Waals surface area contributed by atoms with Crippen molar-refractivity contribution in [1.82, 2.24) is 25.3 Å². The van der Waals surface area contributed by atoms with Gasteiger partial charge in [0.05, 0.1) is 6.10 Å². The number of aromatic nitrogens is 4. The zero-order valence-electron chi connectivity index (χ0n) is 21.9. The lowest BCUT2D eigenvalue weighted by molar-refractivity contribution is 0.0175. The summed E-state index contributed by atoms with van der Waals surface area (Å²) >= 11 is 0. The molecule has 2 N–H and O–H groups in total. The van der Waals surface area contributed by atoms with E-state index in [4.69, 9.17) is 9.72 Å². The molecule has 3 aromatic heterocycles. The van der Waals surface area contributed by atoms with Crippen LogP contribution in [-0.2, 0) is 4.74 Å². The van der Waals surface area contributed by atoms with E-state index in [1.54, 1.807) is 25.7 Å². The molecule has 9 heteroatoms. The number of anilines is 3. The molecule has 1 aliphatic rings. The predicted octanol–water partition coefficient (Wildman–Crippen LogP) is 4.82. The minimum Gasteiger partial charge on any atom is -0.381 e. The van der Waals surface area contributed by atoms with Crippen LogP contribution in [0.25, 0.3) is 10.8 Å². The SMILES string of the molecule is CCCCN(CC)c1nccc(Nc2cc3c(C(C)C)cnc(C(=O)NC4CC(OC)C4)c3cn2)n1. The Morgan fingerprint density at radius 1 is 1.14 bits per heavy atom. The summed E-state index contributed by atoms with van der Waals surface area (Å²) in [7, 11) is 1.70. The van der Waals surface area contributed by atoms with Gasteiger partial charge in [0.1, 0.15) is 17.3 Å². The summed E-state index contributed by atoms with van der Waals surface area (Å²) < 4.78 is 5.33. The van der Waals surface area contributed by atoms with Gasteiger partial charge in [0.25, 0.3) is 5.91 Å². The summed E-state index contributed by atoms with van der Waals surface area (Å²) in [5.41, 5.74) is 1.46. The molecule has 1 amide bonds. The number of unbranched alkanes of at least 4 members (excludes halogenated alkanes) is 1. The van der Waals surface area contributed by atoms with Crippen LogP contribution in [0.1, 0.15) is 75.3 Å². The highest BCUT2D eigenvalue weighted by molar-refractivity contribution is 6.06. The van der Waals surface area contributed by atoms with E-state index in [1.165, 1.54) is 0 Å². The number of pyridine rings is 2. The van der Waals surface area contributed by atoms with Gasteiger partial charge in [0.2, 0.25) is 5.95 Å². The first-order valence-corrected chi connectivity index (χ1v) is 12.9. The lowest BCUT2D eigenvalue weighted by Crippen LogP contribution is -2.47. The minimum atomic E-state index is -0.176. The van der Waals surface area contributed by atoms with Gasteiger partial charge < -0.3 is 20.3 Å². The molecule has 0 spiro atoms. The first-order chi connectivity index (χ1) is 17.4. The number of carbonyl (C=O) groups is 1. The van der Waals surface area contributed by atoms with Crippen molar-refractivity contribution >= 4 is 34.3 Å². The maximum Gasteiger partial charge on any atom is 0.270 e. The van der Waals surface area contributed by atoms with Crippen LogP contribution in [-0.4, -0.2) is 58.2 Å². The number of amides is 1. The molecule has 36 heavy (non-hydrogen) atoms. The van der Waals surface area contributed by atoms with Gasteiger partial charge in [-0.15, -0.1) is 0 Å². The van der Waals surface area contributed by atoms with Crippen LogP contribution in [0.5, 0.6) is 0 Å². The molecular weight excluding hydrogens is 454 g/mol. The highest BCUT2D eigenvalue weighted by atomic mass is 16.5. The van der Waals surface area contributed by atoms with Gasteiger partial charge >= 0.3 is 0 Å². The third-order valence-electron chi connectivity index (χ3n) is 6.75. The molecule has 0 atom stereocenters. The van der Waals surface area contributed by atoms with E-state index < -0.39 is 0 Å². The summed E-state index contributed by atoms with van der Waals surface area (Å²) in [6, 6.07) is 3.93. The van der Waals surface area contributed by atoms with Gasteiger partial charge in [-0.05, 0) is 55.2 Å². The summed E-state index contributed by atoms with van der Waals surface area (Å²) in [5.74, 6) is 2.10. The second kappa shape index (κ2) is 11.6. The molecule has 0 aromatic carbocycles. The fourth-order valence-corrected chi connectivity index (χ4v) is 4.45. The quantitative estimate of drug-likeness (QED) is 0.393. The van der Waals surface area contributed by atoms with E-state index in [9.17, 15) is 4.79 Å². The largest absolute Gasteiger partial charge is 0.381 e. The number of nitrogens with one attached hydrogen (secondary N) is 2. The first kappa shape index (κ1) is 25.8. The second-order valence-electron chi connectivity index (χ2n) is 9.63. The van der Waals surface area contributed by atoms with Crippen LogP contribution in [0.2, 0.25) is 0 Å². The van der Waals surface area contributed by atoms with Crippen LogP contribution >= 0.6 is 0 Å². The molecule has 0 saturated heterocycles. The Labute approximate surface area is 213 Å². The van der Waals surface area contributed by atoms with Crippen molar-refractivity contribution in [3.8, 4) is 0 Å². The Hall–Kier alpha value is -3.33. The van der Waals surface area contributed by atoms with Crippen molar-refractivity contribution in [2.45, 2.75) is 71.4 Å². The number of ether oxygens (including phenoxy) is 1. The van der Waals surface area contributed by atoms with Gasteiger partial charge in [-0.1, -0.05) is 27.2 Å². The molecule has 192 valence electrons. The molecule has 1 saturated carbocycles.